The van der Waals surface area contributed by atoms with Crippen molar-refractivity contribution in [3.8, 4) is 0 Å². The van der Waals surface area contributed by atoms with E-state index in [9.17, 15) is 13.2 Å². The van der Waals surface area contributed by atoms with Gasteiger partial charge in [0.2, 0.25) is 5.91 Å². The first-order valence-electron chi connectivity index (χ1n) is 7.31. The lowest BCUT2D eigenvalue weighted by Gasteiger charge is -2.25. The molecule has 1 saturated heterocycles. The Morgan fingerprint density at radius 2 is 1.77 bits per heavy atom. The van der Waals surface area contributed by atoms with Crippen molar-refractivity contribution < 1.29 is 13.2 Å². The summed E-state index contributed by atoms with van der Waals surface area (Å²) in [5.41, 5.74) is 2.16. The molecule has 0 aliphatic carbocycles. The highest BCUT2D eigenvalue weighted by Crippen LogP contribution is 2.12. The van der Waals surface area contributed by atoms with E-state index in [0.717, 1.165) is 11.3 Å². The molecule has 1 heterocycles. The summed E-state index contributed by atoms with van der Waals surface area (Å²) in [6.07, 6.45) is 0. The molecule has 6 nitrogen and oxygen atoms in total. The number of amides is 1. The minimum absolute atomic E-state index is 0.0732. The van der Waals surface area contributed by atoms with Crippen LogP contribution in [0.4, 0.5) is 5.69 Å². The van der Waals surface area contributed by atoms with Gasteiger partial charge in [0.1, 0.15) is 0 Å². The number of sulfone groups is 1. The molecular formula is C15H23N3O3S. The molecule has 1 aliphatic rings. The van der Waals surface area contributed by atoms with Crippen LogP contribution < -0.4 is 10.2 Å². The molecule has 1 fully saturated rings. The summed E-state index contributed by atoms with van der Waals surface area (Å²) in [7, 11) is 1.07. The molecule has 7 heteroatoms. The van der Waals surface area contributed by atoms with Crippen LogP contribution in [-0.2, 0) is 21.2 Å². The summed E-state index contributed by atoms with van der Waals surface area (Å²) in [6, 6.07) is 8.00. The Morgan fingerprint density at radius 3 is 2.32 bits per heavy atom. The van der Waals surface area contributed by atoms with Gasteiger partial charge in [-0.15, -0.1) is 0 Å². The van der Waals surface area contributed by atoms with E-state index in [-0.39, 0.29) is 24.0 Å². The van der Waals surface area contributed by atoms with Crippen LogP contribution in [0, 0.1) is 0 Å². The quantitative estimate of drug-likeness (QED) is 0.831. The van der Waals surface area contributed by atoms with E-state index in [2.05, 4.69) is 5.32 Å². The van der Waals surface area contributed by atoms with Crippen molar-refractivity contribution in [2.75, 3.05) is 50.1 Å². The maximum Gasteiger partial charge on any atom is 0.234 e. The third-order valence-electron chi connectivity index (χ3n) is 3.75. The number of nitrogens with one attached hydrogen (secondary N) is 1. The normalized spacial score (nSPS) is 17.9. The molecule has 2 rings (SSSR count). The van der Waals surface area contributed by atoms with Crippen molar-refractivity contribution in [1.29, 1.82) is 0 Å². The maximum atomic E-state index is 11.9. The van der Waals surface area contributed by atoms with Gasteiger partial charge in [-0.3, -0.25) is 9.69 Å². The summed E-state index contributed by atoms with van der Waals surface area (Å²) in [5, 5.41) is 2.87. The van der Waals surface area contributed by atoms with Gasteiger partial charge in [0, 0.05) is 39.4 Å². The number of nitrogens with zero attached hydrogens (tertiary/aromatic N) is 2. The molecule has 122 valence electrons. The number of hydrogen-bond donors (Lipinski definition) is 1. The summed E-state index contributed by atoms with van der Waals surface area (Å²) in [6.45, 7) is 1.62. The van der Waals surface area contributed by atoms with Gasteiger partial charge in [-0.25, -0.2) is 8.42 Å². The second-order valence-electron chi connectivity index (χ2n) is 5.77. The maximum absolute atomic E-state index is 11.9. The lowest BCUT2D eigenvalue weighted by molar-refractivity contribution is -0.122. The third kappa shape index (κ3) is 4.99. The Labute approximate surface area is 132 Å². The van der Waals surface area contributed by atoms with Gasteiger partial charge in [-0.2, -0.15) is 0 Å². The molecule has 1 amide bonds. The monoisotopic (exact) mass is 325 g/mol. The highest BCUT2D eigenvalue weighted by molar-refractivity contribution is 7.91. The van der Waals surface area contributed by atoms with Crippen LogP contribution in [0.3, 0.4) is 0 Å². The zero-order chi connectivity index (χ0) is 16.2. The molecule has 0 unspecified atom stereocenters. The first-order valence-corrected chi connectivity index (χ1v) is 9.13. The Hall–Kier alpha value is -1.60. The average molecular weight is 325 g/mol. The number of hydrogen-bond acceptors (Lipinski definition) is 5. The van der Waals surface area contributed by atoms with E-state index in [1.165, 1.54) is 0 Å². The molecule has 22 heavy (non-hydrogen) atoms. The Morgan fingerprint density at radius 1 is 1.18 bits per heavy atom. The van der Waals surface area contributed by atoms with E-state index in [0.29, 0.717) is 19.6 Å². The lowest BCUT2D eigenvalue weighted by Crippen LogP contribution is -2.45. The zero-order valence-corrected chi connectivity index (χ0v) is 13.9. The highest BCUT2D eigenvalue weighted by Gasteiger charge is 2.22. The fraction of sp³-hybridized carbons (Fsp3) is 0.533. The Balaban J connectivity index is 1.76. The van der Waals surface area contributed by atoms with Crippen molar-refractivity contribution in [2.24, 2.45) is 0 Å². The Kier molecular flexibility index (Phi) is 5.42. The molecule has 0 aromatic heterocycles. The molecule has 1 aromatic carbocycles. The number of rotatable bonds is 5. The number of benzene rings is 1. The minimum Gasteiger partial charge on any atom is -0.378 e. The molecule has 0 saturated carbocycles. The molecule has 0 radical (unpaired) electrons. The van der Waals surface area contributed by atoms with Gasteiger partial charge in [-0.05, 0) is 17.7 Å². The summed E-state index contributed by atoms with van der Waals surface area (Å²) >= 11 is 0. The largest absolute Gasteiger partial charge is 0.378 e. The van der Waals surface area contributed by atoms with Crippen molar-refractivity contribution in [1.82, 2.24) is 10.2 Å². The first-order chi connectivity index (χ1) is 10.4. The molecule has 0 bridgehead atoms. The second-order valence-corrected chi connectivity index (χ2v) is 8.07. The van der Waals surface area contributed by atoms with Crippen LogP contribution >= 0.6 is 0 Å². The van der Waals surface area contributed by atoms with E-state index in [1.54, 1.807) is 0 Å². The number of anilines is 1. The minimum atomic E-state index is -2.90. The number of carbonyl (C=O) groups excluding carboxylic acids is 1. The smallest absolute Gasteiger partial charge is 0.234 e. The van der Waals surface area contributed by atoms with Crippen LogP contribution in [-0.4, -0.2) is 64.5 Å². The van der Waals surface area contributed by atoms with Gasteiger partial charge >= 0.3 is 0 Å². The fourth-order valence-corrected chi connectivity index (χ4v) is 3.56. The number of carbonyl (C=O) groups is 1. The fourth-order valence-electron chi connectivity index (χ4n) is 2.28. The SMILES string of the molecule is CN(C)c1ccc(CNC(=O)CN2CCS(=O)(=O)CC2)cc1. The van der Waals surface area contributed by atoms with Gasteiger partial charge in [0.15, 0.2) is 9.84 Å². The molecule has 0 atom stereocenters. The lowest BCUT2D eigenvalue weighted by atomic mass is 10.2. The molecule has 1 N–H and O–H groups in total. The van der Waals surface area contributed by atoms with Gasteiger partial charge in [0.25, 0.3) is 0 Å². The summed E-state index contributed by atoms with van der Waals surface area (Å²) in [5.74, 6) is 0.217. The van der Waals surface area contributed by atoms with E-state index < -0.39 is 9.84 Å². The van der Waals surface area contributed by atoms with Crippen LogP contribution in [0.2, 0.25) is 0 Å². The standard InChI is InChI=1S/C15H23N3O3S/c1-17(2)14-5-3-13(4-6-14)11-16-15(19)12-18-7-9-22(20,21)10-8-18/h3-6H,7-12H2,1-2H3,(H,16,19). The summed E-state index contributed by atoms with van der Waals surface area (Å²) in [4.78, 5) is 15.8. The van der Waals surface area contributed by atoms with Crippen molar-refractivity contribution >= 4 is 21.4 Å². The van der Waals surface area contributed by atoms with Crippen molar-refractivity contribution in [2.45, 2.75) is 6.54 Å². The predicted octanol–water partition coefficient (Wildman–Crippen LogP) is 0.0992. The zero-order valence-electron chi connectivity index (χ0n) is 13.1. The van der Waals surface area contributed by atoms with Crippen molar-refractivity contribution in [3.05, 3.63) is 29.8 Å². The predicted molar refractivity (Wildman–Crippen MR) is 87.7 cm³/mol. The molecule has 1 aromatic rings. The first kappa shape index (κ1) is 16.8. The van der Waals surface area contributed by atoms with Crippen LogP contribution in [0.5, 0.6) is 0 Å². The van der Waals surface area contributed by atoms with Gasteiger partial charge in [-0.1, -0.05) is 12.1 Å². The topological polar surface area (TPSA) is 69.7 Å². The highest BCUT2D eigenvalue weighted by atomic mass is 32.2. The van der Waals surface area contributed by atoms with Crippen LogP contribution in [0.15, 0.2) is 24.3 Å². The van der Waals surface area contributed by atoms with E-state index in [4.69, 9.17) is 0 Å². The third-order valence-corrected chi connectivity index (χ3v) is 5.36. The summed E-state index contributed by atoms with van der Waals surface area (Å²) < 4.78 is 22.7. The average Bonchev–Trinajstić information content (AvgIpc) is 2.48. The molecule has 0 spiro atoms. The molecule has 1 aliphatic heterocycles. The van der Waals surface area contributed by atoms with E-state index >= 15 is 0 Å². The van der Waals surface area contributed by atoms with Gasteiger partial charge in [0.05, 0.1) is 18.1 Å². The Bertz CT molecular complexity index is 597. The van der Waals surface area contributed by atoms with Crippen molar-refractivity contribution in [3.63, 3.8) is 0 Å². The molecular weight excluding hydrogens is 302 g/mol. The van der Waals surface area contributed by atoms with Crippen LogP contribution in [0.25, 0.3) is 0 Å². The van der Waals surface area contributed by atoms with Gasteiger partial charge < -0.3 is 10.2 Å². The second kappa shape index (κ2) is 7.11. The van der Waals surface area contributed by atoms with E-state index in [1.807, 2.05) is 48.2 Å². The van der Waals surface area contributed by atoms with Crippen LogP contribution in [0.1, 0.15) is 5.56 Å².